The van der Waals surface area contributed by atoms with Crippen LogP contribution in [0.1, 0.15) is 22.5 Å². The smallest absolute Gasteiger partial charge is 0.259 e. The number of amides is 1. The molecule has 1 aliphatic rings. The number of anilines is 1. The Bertz CT molecular complexity index is 1270. The number of benzene rings is 2. The first-order valence-corrected chi connectivity index (χ1v) is 10.9. The molecule has 0 unspecified atom stereocenters. The lowest BCUT2D eigenvalue weighted by molar-refractivity contribution is 0.0786. The molecule has 0 radical (unpaired) electrons. The Hall–Kier alpha value is -3.45. The van der Waals surface area contributed by atoms with E-state index in [1.54, 1.807) is 25.3 Å². The Morgan fingerprint density at radius 3 is 2.91 bits per heavy atom. The molecule has 4 aromatic rings. The minimum Gasteiger partial charge on any atom is -0.368 e. The quantitative estimate of drug-likeness (QED) is 0.472. The van der Waals surface area contributed by atoms with Crippen molar-refractivity contribution in [2.75, 3.05) is 25.0 Å². The van der Waals surface area contributed by atoms with Gasteiger partial charge in [-0.2, -0.15) is 0 Å². The van der Waals surface area contributed by atoms with Gasteiger partial charge in [-0.25, -0.2) is 4.98 Å². The number of aryl methyl sites for hydroxylation is 1. The third kappa shape index (κ3) is 4.03. The summed E-state index contributed by atoms with van der Waals surface area (Å²) >= 11 is 6.01. The fourth-order valence-corrected chi connectivity index (χ4v) is 4.24. The molecule has 1 saturated heterocycles. The van der Waals surface area contributed by atoms with Gasteiger partial charge in [0.05, 0.1) is 17.2 Å². The van der Waals surface area contributed by atoms with Gasteiger partial charge in [0.25, 0.3) is 5.91 Å². The van der Waals surface area contributed by atoms with Crippen LogP contribution in [-0.2, 0) is 0 Å². The second-order valence-corrected chi connectivity index (χ2v) is 8.44. The molecule has 32 heavy (non-hydrogen) atoms. The fourth-order valence-electron chi connectivity index (χ4n) is 4.08. The van der Waals surface area contributed by atoms with Gasteiger partial charge >= 0.3 is 0 Å². The zero-order valence-electron chi connectivity index (χ0n) is 17.6. The Labute approximate surface area is 190 Å². The average Bonchev–Trinajstić information content (AvgIpc) is 3.44. The first-order chi connectivity index (χ1) is 15.6. The molecule has 8 heteroatoms. The van der Waals surface area contributed by atoms with Crippen molar-refractivity contribution in [3.63, 3.8) is 0 Å². The summed E-state index contributed by atoms with van der Waals surface area (Å²) in [4.78, 5) is 24.2. The van der Waals surface area contributed by atoms with Crippen LogP contribution in [0, 0.1) is 12.8 Å². The summed E-state index contributed by atoms with van der Waals surface area (Å²) in [7, 11) is 0. The van der Waals surface area contributed by atoms with E-state index in [1.807, 2.05) is 41.3 Å². The first-order valence-electron chi connectivity index (χ1n) is 10.6. The van der Waals surface area contributed by atoms with Crippen molar-refractivity contribution >= 4 is 34.4 Å². The number of nitrogens with one attached hydrogen (secondary N) is 1. The van der Waals surface area contributed by atoms with Crippen LogP contribution in [-0.4, -0.2) is 45.6 Å². The number of rotatable bonds is 5. The highest BCUT2D eigenvalue weighted by molar-refractivity contribution is 6.31. The molecule has 7 nitrogen and oxygen atoms in total. The van der Waals surface area contributed by atoms with Crippen LogP contribution in [0.4, 0.5) is 5.82 Å². The molecular weight excluding hydrogens is 426 g/mol. The van der Waals surface area contributed by atoms with Crippen LogP contribution in [0.25, 0.3) is 22.3 Å². The lowest BCUT2D eigenvalue weighted by Gasteiger charge is -2.17. The van der Waals surface area contributed by atoms with Crippen molar-refractivity contribution in [1.29, 1.82) is 0 Å². The minimum atomic E-state index is -0.0347. The van der Waals surface area contributed by atoms with Gasteiger partial charge in [-0.3, -0.25) is 9.78 Å². The molecule has 0 aliphatic carbocycles. The van der Waals surface area contributed by atoms with Crippen LogP contribution >= 0.6 is 11.6 Å². The average molecular weight is 448 g/mol. The van der Waals surface area contributed by atoms with E-state index in [0.29, 0.717) is 53.4 Å². The lowest BCUT2D eigenvalue weighted by atomic mass is 10.1. The number of hydrogen-bond acceptors (Lipinski definition) is 6. The van der Waals surface area contributed by atoms with Gasteiger partial charge in [-0.1, -0.05) is 47.1 Å². The van der Waals surface area contributed by atoms with Crippen LogP contribution in [0.2, 0.25) is 5.02 Å². The monoisotopic (exact) mass is 447 g/mol. The molecule has 1 N–H and O–H groups in total. The zero-order chi connectivity index (χ0) is 22.1. The number of fused-ring (bicyclic) bond motifs is 1. The van der Waals surface area contributed by atoms with Crippen LogP contribution in [0.5, 0.6) is 0 Å². The van der Waals surface area contributed by atoms with Crippen LogP contribution in [0.3, 0.4) is 0 Å². The van der Waals surface area contributed by atoms with E-state index >= 15 is 0 Å². The Morgan fingerprint density at radius 2 is 2.06 bits per heavy atom. The van der Waals surface area contributed by atoms with Crippen molar-refractivity contribution in [2.24, 2.45) is 5.92 Å². The summed E-state index contributed by atoms with van der Waals surface area (Å²) in [6, 6.07) is 15.1. The summed E-state index contributed by atoms with van der Waals surface area (Å²) < 4.78 is 5.37. The molecule has 2 aromatic carbocycles. The highest BCUT2D eigenvalue weighted by atomic mass is 35.5. The van der Waals surface area contributed by atoms with Gasteiger partial charge in [0, 0.05) is 30.2 Å². The molecule has 1 atom stereocenters. The Kier molecular flexibility index (Phi) is 5.49. The van der Waals surface area contributed by atoms with E-state index in [2.05, 4.69) is 20.4 Å². The highest BCUT2D eigenvalue weighted by Crippen LogP contribution is 2.28. The van der Waals surface area contributed by atoms with Gasteiger partial charge < -0.3 is 14.7 Å². The highest BCUT2D eigenvalue weighted by Gasteiger charge is 2.31. The minimum absolute atomic E-state index is 0.0347. The second kappa shape index (κ2) is 8.59. The van der Waals surface area contributed by atoms with Gasteiger partial charge in [0.15, 0.2) is 0 Å². The summed E-state index contributed by atoms with van der Waals surface area (Å²) in [5.41, 5.74) is 3.57. The number of nitrogens with zero attached hydrogens (tertiary/aromatic N) is 4. The predicted octanol–water partition coefficient (Wildman–Crippen LogP) is 4.82. The Balaban J connectivity index is 1.25. The molecule has 1 aliphatic heterocycles. The second-order valence-electron chi connectivity index (χ2n) is 8.00. The van der Waals surface area contributed by atoms with Crippen LogP contribution < -0.4 is 5.32 Å². The third-order valence-corrected chi connectivity index (χ3v) is 6.01. The van der Waals surface area contributed by atoms with E-state index in [9.17, 15) is 4.79 Å². The largest absolute Gasteiger partial charge is 0.368 e. The molecule has 162 valence electrons. The van der Waals surface area contributed by atoms with Crippen molar-refractivity contribution in [3.05, 3.63) is 71.1 Å². The van der Waals surface area contributed by atoms with Gasteiger partial charge in [0.1, 0.15) is 22.8 Å². The maximum absolute atomic E-state index is 13.3. The molecule has 0 spiro atoms. The van der Waals surface area contributed by atoms with Crippen molar-refractivity contribution in [2.45, 2.75) is 13.3 Å². The van der Waals surface area contributed by atoms with Gasteiger partial charge in [-0.15, -0.1) is 0 Å². The molecule has 0 saturated carbocycles. The van der Waals surface area contributed by atoms with Crippen molar-refractivity contribution < 1.29 is 9.32 Å². The van der Waals surface area contributed by atoms with Gasteiger partial charge in [-0.05, 0) is 37.5 Å². The summed E-state index contributed by atoms with van der Waals surface area (Å²) in [5.74, 6) is 1.54. The summed E-state index contributed by atoms with van der Waals surface area (Å²) in [6.45, 7) is 3.87. The summed E-state index contributed by atoms with van der Waals surface area (Å²) in [6.07, 6.45) is 2.63. The SMILES string of the molecule is Cc1onc(-c2ccccc2)c1C(=O)N1CC[C@H](CNc2cnc3cc(Cl)ccc3n2)C1. The first kappa shape index (κ1) is 20.5. The van der Waals surface area contributed by atoms with Gasteiger partial charge in [0.2, 0.25) is 0 Å². The topological polar surface area (TPSA) is 84.2 Å². The van der Waals surface area contributed by atoms with E-state index < -0.39 is 0 Å². The number of carbonyl (C=O) groups is 1. The molecule has 0 bridgehead atoms. The van der Waals surface area contributed by atoms with E-state index in [4.69, 9.17) is 16.1 Å². The van der Waals surface area contributed by atoms with Crippen molar-refractivity contribution in [3.8, 4) is 11.3 Å². The number of halogens is 1. The van der Waals surface area contributed by atoms with E-state index in [0.717, 1.165) is 23.0 Å². The molecule has 1 fully saturated rings. The molecule has 2 aromatic heterocycles. The molecular formula is C24H22ClN5O2. The molecule has 3 heterocycles. The number of likely N-dealkylation sites (tertiary alicyclic amines) is 1. The number of hydrogen-bond donors (Lipinski definition) is 1. The number of carbonyl (C=O) groups excluding carboxylic acids is 1. The molecule has 5 rings (SSSR count). The summed E-state index contributed by atoms with van der Waals surface area (Å²) in [5, 5.41) is 8.15. The third-order valence-electron chi connectivity index (χ3n) is 5.77. The van der Waals surface area contributed by atoms with Crippen LogP contribution in [0.15, 0.2) is 59.3 Å². The number of aromatic nitrogens is 3. The molecule has 1 amide bonds. The predicted molar refractivity (Wildman–Crippen MR) is 124 cm³/mol. The van der Waals surface area contributed by atoms with Crippen molar-refractivity contribution in [1.82, 2.24) is 20.0 Å². The standard InChI is InChI=1S/C24H22ClN5O2/c1-15-22(23(29-32-15)17-5-3-2-4-6-17)24(31)30-10-9-16(14-30)12-27-21-13-26-20-11-18(25)7-8-19(20)28-21/h2-8,11,13,16H,9-10,12,14H2,1H3,(H,27,28)/t16-/m1/s1. The van der Waals surface area contributed by atoms with E-state index in [1.165, 1.54) is 0 Å². The normalized spacial score (nSPS) is 15.9. The van der Waals surface area contributed by atoms with E-state index in [-0.39, 0.29) is 5.91 Å². The Morgan fingerprint density at radius 1 is 1.22 bits per heavy atom. The maximum Gasteiger partial charge on any atom is 0.259 e. The zero-order valence-corrected chi connectivity index (χ0v) is 18.3. The lowest BCUT2D eigenvalue weighted by Crippen LogP contribution is -2.30. The maximum atomic E-state index is 13.3. The fraction of sp³-hybridized carbons (Fsp3) is 0.250.